The molecule has 0 aliphatic rings. The second-order valence-corrected chi connectivity index (χ2v) is 28.5. The SMILES string of the molecule is CCCCCCCCCCCCSCC(COc1ccc(C(C)(C)c2ccc(OCC(CSCCCCCCCCCCCC)OC(=O)CCc3cc(C)c(O)c(C(C)(C)C)c3)cc2)cc1)OC(=O)CCc1cc(C)c(O)c(C(C)(C)C)c1. The molecule has 2 N–H and O–H groups in total. The summed E-state index contributed by atoms with van der Waals surface area (Å²) in [7, 11) is 0. The van der Waals surface area contributed by atoms with Gasteiger partial charge in [0.25, 0.3) is 0 Å². The maximum absolute atomic E-state index is 13.5. The third-order valence-electron chi connectivity index (χ3n) is 16.1. The first-order valence-electron chi connectivity index (χ1n) is 32.3. The van der Waals surface area contributed by atoms with Crippen LogP contribution in [0.4, 0.5) is 0 Å². The predicted octanol–water partition coefficient (Wildman–Crippen LogP) is 19.8. The minimum Gasteiger partial charge on any atom is -0.507 e. The van der Waals surface area contributed by atoms with Crippen LogP contribution in [0.3, 0.4) is 0 Å². The van der Waals surface area contributed by atoms with Crippen LogP contribution in [-0.4, -0.2) is 70.6 Å². The van der Waals surface area contributed by atoms with Crippen molar-refractivity contribution in [3.8, 4) is 23.0 Å². The Labute approximate surface area is 513 Å². The number of phenolic OH excluding ortho intramolecular Hbond substituents is 2. The number of phenols is 2. The molecular formula is C73H112O8S2. The Morgan fingerprint density at radius 2 is 0.771 bits per heavy atom. The molecule has 0 saturated heterocycles. The first kappa shape index (κ1) is 71.2. The number of benzene rings is 4. The zero-order valence-corrected chi connectivity index (χ0v) is 55.6. The fraction of sp³-hybridized carbons (Fsp3) is 0.644. The van der Waals surface area contributed by atoms with E-state index in [0.29, 0.717) is 35.8 Å². The maximum atomic E-state index is 13.5. The molecule has 4 aromatic carbocycles. The maximum Gasteiger partial charge on any atom is 0.306 e. The lowest BCUT2D eigenvalue weighted by Crippen LogP contribution is -2.28. The van der Waals surface area contributed by atoms with Gasteiger partial charge in [-0.25, -0.2) is 0 Å². The van der Waals surface area contributed by atoms with Gasteiger partial charge in [0.1, 0.15) is 48.4 Å². The van der Waals surface area contributed by atoms with Crippen LogP contribution in [0.2, 0.25) is 0 Å². The summed E-state index contributed by atoms with van der Waals surface area (Å²) in [6, 6.07) is 24.5. The van der Waals surface area contributed by atoms with E-state index in [1.807, 2.05) is 85.9 Å². The van der Waals surface area contributed by atoms with Gasteiger partial charge in [0, 0.05) is 29.8 Å². The summed E-state index contributed by atoms with van der Waals surface area (Å²) in [6.45, 7) is 25.9. The molecule has 0 saturated carbocycles. The van der Waals surface area contributed by atoms with Crippen molar-refractivity contribution in [1.29, 1.82) is 0 Å². The van der Waals surface area contributed by atoms with E-state index in [2.05, 4.69) is 93.5 Å². The van der Waals surface area contributed by atoms with E-state index in [1.54, 1.807) is 0 Å². The second kappa shape index (κ2) is 38.0. The number of carbonyl (C=O) groups excluding carboxylic acids is 2. The van der Waals surface area contributed by atoms with E-state index in [9.17, 15) is 19.8 Å². The van der Waals surface area contributed by atoms with Crippen molar-refractivity contribution in [2.75, 3.05) is 36.2 Å². The van der Waals surface area contributed by atoms with Crippen LogP contribution in [0.1, 0.15) is 255 Å². The summed E-state index contributed by atoms with van der Waals surface area (Å²) < 4.78 is 25.1. The number of rotatable bonds is 42. The van der Waals surface area contributed by atoms with Crippen molar-refractivity contribution in [3.05, 3.63) is 117 Å². The molecule has 8 nitrogen and oxygen atoms in total. The average molecular weight is 1180 g/mol. The van der Waals surface area contributed by atoms with Crippen LogP contribution in [0, 0.1) is 13.8 Å². The topological polar surface area (TPSA) is 112 Å². The van der Waals surface area contributed by atoms with E-state index in [4.69, 9.17) is 18.9 Å². The Bertz CT molecular complexity index is 2280. The Kier molecular flexibility index (Phi) is 32.6. The Morgan fingerprint density at radius 1 is 0.458 bits per heavy atom. The molecule has 0 radical (unpaired) electrons. The highest BCUT2D eigenvalue weighted by molar-refractivity contribution is 7.99. The van der Waals surface area contributed by atoms with Gasteiger partial charge in [-0.1, -0.05) is 233 Å². The van der Waals surface area contributed by atoms with E-state index in [1.165, 1.54) is 116 Å². The van der Waals surface area contributed by atoms with Crippen LogP contribution in [0.25, 0.3) is 0 Å². The van der Waals surface area contributed by atoms with Crippen molar-refractivity contribution < 1.29 is 38.7 Å². The number of unbranched alkanes of at least 4 members (excludes halogenated alkanes) is 18. The zero-order chi connectivity index (χ0) is 60.7. The summed E-state index contributed by atoms with van der Waals surface area (Å²) in [4.78, 5) is 26.9. The van der Waals surface area contributed by atoms with E-state index in [0.717, 1.165) is 80.4 Å². The number of hydrogen-bond acceptors (Lipinski definition) is 10. The number of thioether (sulfide) groups is 2. The van der Waals surface area contributed by atoms with Crippen LogP contribution < -0.4 is 9.47 Å². The lowest BCUT2D eigenvalue weighted by molar-refractivity contribution is -0.150. The number of ether oxygens (including phenoxy) is 4. The summed E-state index contributed by atoms with van der Waals surface area (Å²) in [5.41, 5.74) is 6.96. The molecule has 83 heavy (non-hydrogen) atoms. The van der Waals surface area contributed by atoms with Crippen molar-refractivity contribution in [1.82, 2.24) is 0 Å². The van der Waals surface area contributed by atoms with Crippen LogP contribution >= 0.6 is 23.5 Å². The minimum absolute atomic E-state index is 0.221. The second-order valence-electron chi connectivity index (χ2n) is 26.2. The van der Waals surface area contributed by atoms with Gasteiger partial charge in [0.15, 0.2) is 0 Å². The number of aromatic hydroxyl groups is 2. The van der Waals surface area contributed by atoms with Gasteiger partial charge in [0.05, 0.1) is 0 Å². The van der Waals surface area contributed by atoms with Crippen molar-refractivity contribution in [2.24, 2.45) is 0 Å². The molecule has 2 unspecified atom stereocenters. The summed E-state index contributed by atoms with van der Waals surface area (Å²) in [6.07, 6.45) is 26.9. The standard InChI is InChI=1S/C73H112O8S2/c1-13-15-17-19-21-23-25-27-29-31-45-82-53-63(80-67(74)43-33-57-47-55(3)69(76)65(49-57)71(5,6)7)51-78-61-39-35-59(36-40-61)73(11,12)60-37-41-62(42-38-60)79-52-64(54-83-46-32-30-28-26-24-22-20-18-16-14-2)81-68(75)44-34-58-48-56(4)70(77)66(50-58)72(8,9)10/h35-42,47-50,63-64,76-77H,13-34,43-46,51-54H2,1-12H3. The fourth-order valence-corrected chi connectivity index (χ4v) is 12.7. The molecule has 4 aromatic rings. The third kappa shape index (κ3) is 27.3. The van der Waals surface area contributed by atoms with Gasteiger partial charge in [0.2, 0.25) is 0 Å². The average Bonchev–Trinajstić information content (AvgIpc) is 3.65. The van der Waals surface area contributed by atoms with Crippen LogP contribution in [0.5, 0.6) is 23.0 Å². The van der Waals surface area contributed by atoms with Gasteiger partial charge < -0.3 is 29.2 Å². The molecule has 10 heteroatoms. The third-order valence-corrected chi connectivity index (χ3v) is 18.5. The number of esters is 2. The quantitative estimate of drug-likeness (QED) is 0.0329. The largest absolute Gasteiger partial charge is 0.507 e. The number of carbonyl (C=O) groups is 2. The number of hydrogen-bond donors (Lipinski definition) is 2. The lowest BCUT2D eigenvalue weighted by atomic mass is 9.78. The minimum atomic E-state index is -0.391. The molecule has 2 atom stereocenters. The lowest BCUT2D eigenvalue weighted by Gasteiger charge is -2.27. The van der Waals surface area contributed by atoms with Gasteiger partial charge in [-0.2, -0.15) is 23.5 Å². The van der Waals surface area contributed by atoms with Crippen LogP contribution in [-0.2, 0) is 48.1 Å². The van der Waals surface area contributed by atoms with Gasteiger partial charge in [-0.05, 0) is 131 Å². The molecule has 0 aromatic heterocycles. The molecule has 0 spiro atoms. The molecule has 0 heterocycles. The van der Waals surface area contributed by atoms with E-state index >= 15 is 0 Å². The predicted molar refractivity (Wildman–Crippen MR) is 354 cm³/mol. The summed E-state index contributed by atoms with van der Waals surface area (Å²) in [5.74, 6) is 5.02. The molecular weight excluding hydrogens is 1070 g/mol. The normalized spacial score (nSPS) is 12.8. The van der Waals surface area contributed by atoms with Crippen molar-refractivity contribution in [3.63, 3.8) is 0 Å². The first-order valence-corrected chi connectivity index (χ1v) is 34.6. The highest BCUT2D eigenvalue weighted by Gasteiger charge is 2.26. The van der Waals surface area contributed by atoms with Gasteiger partial charge >= 0.3 is 11.9 Å². The zero-order valence-electron chi connectivity index (χ0n) is 54.0. The fourth-order valence-electron chi connectivity index (χ4n) is 10.6. The Hall–Kier alpha value is -4.28. The molecule has 0 bridgehead atoms. The van der Waals surface area contributed by atoms with Crippen LogP contribution in [0.15, 0.2) is 72.8 Å². The van der Waals surface area contributed by atoms with Crippen molar-refractivity contribution >= 4 is 35.5 Å². The van der Waals surface area contributed by atoms with Gasteiger partial charge in [-0.15, -0.1) is 0 Å². The summed E-state index contributed by atoms with van der Waals surface area (Å²) in [5, 5.41) is 21.5. The molecule has 0 aliphatic carbocycles. The molecule has 4 rings (SSSR count). The monoisotopic (exact) mass is 1180 g/mol. The smallest absolute Gasteiger partial charge is 0.306 e. The Morgan fingerprint density at radius 3 is 1.08 bits per heavy atom. The first-order chi connectivity index (χ1) is 39.6. The molecule has 0 aliphatic heterocycles. The highest BCUT2D eigenvalue weighted by atomic mass is 32.2. The molecule has 0 amide bonds. The molecule has 464 valence electrons. The van der Waals surface area contributed by atoms with Crippen molar-refractivity contribution in [2.45, 2.75) is 266 Å². The number of aryl methyl sites for hydroxylation is 4. The van der Waals surface area contributed by atoms with E-state index in [-0.39, 0.29) is 54.2 Å². The van der Waals surface area contributed by atoms with E-state index < -0.39 is 12.2 Å². The van der Waals surface area contributed by atoms with Gasteiger partial charge in [-0.3, -0.25) is 9.59 Å². The molecule has 0 fully saturated rings. The summed E-state index contributed by atoms with van der Waals surface area (Å²) >= 11 is 3.68. The Balaban J connectivity index is 1.34. The highest BCUT2D eigenvalue weighted by Crippen LogP contribution is 2.37.